The van der Waals surface area contributed by atoms with Gasteiger partial charge in [-0.05, 0) is 42.0 Å². The molecule has 3 amide bonds. The third-order valence-corrected chi connectivity index (χ3v) is 3.05. The number of nitrogens with one attached hydrogen (secondary N) is 2. The molecule has 0 atom stereocenters. The zero-order chi connectivity index (χ0) is 15.2. The van der Waals surface area contributed by atoms with Gasteiger partial charge in [0.15, 0.2) is 0 Å². The van der Waals surface area contributed by atoms with Gasteiger partial charge in [0.25, 0.3) is 0 Å². The summed E-state index contributed by atoms with van der Waals surface area (Å²) in [6.45, 7) is 0.346. The molecule has 0 aromatic heterocycles. The lowest BCUT2D eigenvalue weighted by Crippen LogP contribution is -2.28. The predicted octanol–water partition coefficient (Wildman–Crippen LogP) is 2.76. The number of benzene rings is 2. The Labute approximate surface area is 127 Å². The van der Waals surface area contributed by atoms with Crippen molar-refractivity contribution in [3.8, 4) is 0 Å². The van der Waals surface area contributed by atoms with Crippen LogP contribution in [0.15, 0.2) is 48.5 Å². The summed E-state index contributed by atoms with van der Waals surface area (Å²) >= 11 is 5.76. The van der Waals surface area contributed by atoms with Crippen molar-refractivity contribution in [2.24, 2.45) is 5.73 Å². The molecular weight excluding hydrogens is 290 g/mol. The van der Waals surface area contributed by atoms with Crippen LogP contribution in [-0.2, 0) is 6.54 Å². The number of primary amides is 1. The molecule has 0 aliphatic rings. The number of anilines is 1. The average molecular weight is 304 g/mol. The lowest BCUT2D eigenvalue weighted by molar-refractivity contribution is 0.1000. The number of amides is 3. The van der Waals surface area contributed by atoms with Gasteiger partial charge in [-0.1, -0.05) is 23.7 Å². The molecule has 0 spiro atoms. The monoisotopic (exact) mass is 303 g/mol. The van der Waals surface area contributed by atoms with Gasteiger partial charge in [0.2, 0.25) is 5.91 Å². The molecule has 0 aliphatic carbocycles. The van der Waals surface area contributed by atoms with E-state index < -0.39 is 5.91 Å². The van der Waals surface area contributed by atoms with Crippen LogP contribution in [0.5, 0.6) is 0 Å². The van der Waals surface area contributed by atoms with Gasteiger partial charge < -0.3 is 16.4 Å². The van der Waals surface area contributed by atoms with Gasteiger partial charge in [-0.25, -0.2) is 4.79 Å². The highest BCUT2D eigenvalue weighted by molar-refractivity contribution is 6.30. The molecule has 5 nitrogen and oxygen atoms in total. The zero-order valence-electron chi connectivity index (χ0n) is 11.1. The Kier molecular flexibility index (Phi) is 4.79. The maximum Gasteiger partial charge on any atom is 0.319 e. The zero-order valence-corrected chi connectivity index (χ0v) is 11.9. The standard InChI is InChI=1S/C15H14ClN3O2/c16-12-5-7-13(8-6-12)19-15(21)18-9-10-1-3-11(4-2-10)14(17)20/h1-8H,9H2,(H2,17,20)(H2,18,19,21). The third-order valence-electron chi connectivity index (χ3n) is 2.79. The molecule has 2 aromatic carbocycles. The first-order valence-corrected chi connectivity index (χ1v) is 6.61. The highest BCUT2D eigenvalue weighted by Gasteiger charge is 2.03. The molecule has 0 fully saturated rings. The van der Waals surface area contributed by atoms with Crippen LogP contribution in [0.25, 0.3) is 0 Å². The van der Waals surface area contributed by atoms with Crippen LogP contribution in [-0.4, -0.2) is 11.9 Å². The van der Waals surface area contributed by atoms with Crippen LogP contribution in [0, 0.1) is 0 Å². The highest BCUT2D eigenvalue weighted by Crippen LogP contribution is 2.13. The van der Waals surface area contributed by atoms with Crippen molar-refractivity contribution >= 4 is 29.2 Å². The minimum atomic E-state index is -0.477. The summed E-state index contributed by atoms with van der Waals surface area (Å²) in [4.78, 5) is 22.7. The fraction of sp³-hybridized carbons (Fsp3) is 0.0667. The maximum absolute atomic E-state index is 11.7. The molecule has 0 radical (unpaired) electrons. The van der Waals surface area contributed by atoms with Gasteiger partial charge in [-0.3, -0.25) is 4.79 Å². The Bertz CT molecular complexity index is 639. The number of hydrogen-bond acceptors (Lipinski definition) is 2. The van der Waals surface area contributed by atoms with Crippen molar-refractivity contribution in [2.45, 2.75) is 6.54 Å². The Hall–Kier alpha value is -2.53. The van der Waals surface area contributed by atoms with Crippen molar-refractivity contribution in [3.63, 3.8) is 0 Å². The summed E-state index contributed by atoms with van der Waals surface area (Å²) in [6.07, 6.45) is 0. The summed E-state index contributed by atoms with van der Waals surface area (Å²) in [5, 5.41) is 6.00. The minimum absolute atomic E-state index is 0.323. The maximum atomic E-state index is 11.7. The van der Waals surface area contributed by atoms with Gasteiger partial charge >= 0.3 is 6.03 Å². The van der Waals surface area contributed by atoms with Crippen molar-refractivity contribution in [1.29, 1.82) is 0 Å². The minimum Gasteiger partial charge on any atom is -0.366 e. The van der Waals surface area contributed by atoms with E-state index in [-0.39, 0.29) is 6.03 Å². The Balaban J connectivity index is 1.86. The van der Waals surface area contributed by atoms with Gasteiger partial charge in [0, 0.05) is 22.8 Å². The topological polar surface area (TPSA) is 84.2 Å². The number of hydrogen-bond donors (Lipinski definition) is 3. The van der Waals surface area contributed by atoms with E-state index in [0.717, 1.165) is 5.56 Å². The fourth-order valence-corrected chi connectivity index (χ4v) is 1.80. The van der Waals surface area contributed by atoms with E-state index >= 15 is 0 Å². The molecule has 0 bridgehead atoms. The summed E-state index contributed by atoms with van der Waals surface area (Å²) in [7, 11) is 0. The average Bonchev–Trinajstić information content (AvgIpc) is 2.48. The van der Waals surface area contributed by atoms with Crippen LogP contribution in [0.4, 0.5) is 10.5 Å². The van der Waals surface area contributed by atoms with E-state index in [0.29, 0.717) is 22.8 Å². The summed E-state index contributed by atoms with van der Waals surface area (Å²) < 4.78 is 0. The van der Waals surface area contributed by atoms with E-state index in [4.69, 9.17) is 17.3 Å². The van der Waals surface area contributed by atoms with E-state index in [1.165, 1.54) is 0 Å². The van der Waals surface area contributed by atoms with Gasteiger partial charge in [-0.2, -0.15) is 0 Å². The molecule has 0 heterocycles. The van der Waals surface area contributed by atoms with Crippen molar-refractivity contribution < 1.29 is 9.59 Å². The van der Waals surface area contributed by atoms with Crippen molar-refractivity contribution in [3.05, 3.63) is 64.7 Å². The van der Waals surface area contributed by atoms with Crippen LogP contribution >= 0.6 is 11.6 Å². The largest absolute Gasteiger partial charge is 0.366 e. The lowest BCUT2D eigenvalue weighted by Gasteiger charge is -2.08. The summed E-state index contributed by atoms with van der Waals surface area (Å²) in [5.41, 5.74) is 7.11. The van der Waals surface area contributed by atoms with E-state index in [1.54, 1.807) is 48.5 Å². The second-order valence-corrected chi connectivity index (χ2v) is 4.81. The Morgan fingerprint density at radius 3 is 2.19 bits per heavy atom. The van der Waals surface area contributed by atoms with Gasteiger partial charge in [-0.15, -0.1) is 0 Å². The molecule has 2 rings (SSSR count). The molecule has 2 aromatic rings. The molecule has 6 heteroatoms. The van der Waals surface area contributed by atoms with E-state index in [2.05, 4.69) is 10.6 Å². The number of urea groups is 1. The third kappa shape index (κ3) is 4.50. The second-order valence-electron chi connectivity index (χ2n) is 4.38. The van der Waals surface area contributed by atoms with Crippen LogP contribution in [0.2, 0.25) is 5.02 Å². The molecule has 108 valence electrons. The molecule has 21 heavy (non-hydrogen) atoms. The Morgan fingerprint density at radius 1 is 1.00 bits per heavy atom. The second kappa shape index (κ2) is 6.76. The fourth-order valence-electron chi connectivity index (χ4n) is 1.68. The SMILES string of the molecule is NC(=O)c1ccc(CNC(=O)Nc2ccc(Cl)cc2)cc1. The first kappa shape index (κ1) is 14.9. The number of carbonyl (C=O) groups excluding carboxylic acids is 2. The van der Waals surface area contributed by atoms with Crippen molar-refractivity contribution in [2.75, 3.05) is 5.32 Å². The lowest BCUT2D eigenvalue weighted by atomic mass is 10.1. The molecule has 0 unspecified atom stereocenters. The molecule has 0 aliphatic heterocycles. The van der Waals surface area contributed by atoms with Crippen LogP contribution in [0.3, 0.4) is 0 Å². The first-order chi connectivity index (χ1) is 10.0. The molecule has 0 saturated heterocycles. The van der Waals surface area contributed by atoms with Crippen LogP contribution in [0.1, 0.15) is 15.9 Å². The van der Waals surface area contributed by atoms with E-state index in [9.17, 15) is 9.59 Å². The molecular formula is C15H14ClN3O2. The first-order valence-electron chi connectivity index (χ1n) is 6.24. The Morgan fingerprint density at radius 2 is 1.62 bits per heavy atom. The van der Waals surface area contributed by atoms with Gasteiger partial charge in [0.1, 0.15) is 0 Å². The van der Waals surface area contributed by atoms with Crippen molar-refractivity contribution in [1.82, 2.24) is 5.32 Å². The number of rotatable bonds is 4. The summed E-state index contributed by atoms with van der Waals surface area (Å²) in [6, 6.07) is 13.2. The van der Waals surface area contributed by atoms with Gasteiger partial charge in [0.05, 0.1) is 0 Å². The number of nitrogens with two attached hydrogens (primary N) is 1. The molecule has 4 N–H and O–H groups in total. The number of halogens is 1. The highest BCUT2D eigenvalue weighted by atomic mass is 35.5. The summed E-state index contributed by atoms with van der Waals surface area (Å²) in [5.74, 6) is -0.477. The normalized spacial score (nSPS) is 9.95. The van der Waals surface area contributed by atoms with E-state index in [1.807, 2.05) is 0 Å². The van der Waals surface area contributed by atoms with Crippen LogP contribution < -0.4 is 16.4 Å². The smallest absolute Gasteiger partial charge is 0.319 e. The molecule has 0 saturated carbocycles. The predicted molar refractivity (Wildman–Crippen MR) is 82.3 cm³/mol. The number of carbonyl (C=O) groups is 2. The quantitative estimate of drug-likeness (QED) is 0.811.